The van der Waals surface area contributed by atoms with Gasteiger partial charge in [-0.3, -0.25) is 9.59 Å². The third-order valence-corrected chi connectivity index (χ3v) is 3.96. The Morgan fingerprint density at radius 3 is 2.45 bits per heavy atom. The molecular weight excluding hydrogens is 300 g/mol. The SMILES string of the molecule is Cc1ccccc1N[C@H]1CC(=O)N(c2ccc(Cl)cc2)C1=O. The molecule has 1 saturated heterocycles. The van der Waals surface area contributed by atoms with E-state index in [9.17, 15) is 9.59 Å². The molecule has 0 aromatic heterocycles. The Morgan fingerprint density at radius 2 is 1.77 bits per heavy atom. The van der Waals surface area contributed by atoms with Crippen LogP contribution in [0.2, 0.25) is 5.02 Å². The van der Waals surface area contributed by atoms with Crippen LogP contribution in [0.15, 0.2) is 48.5 Å². The highest BCUT2D eigenvalue weighted by atomic mass is 35.5. The highest BCUT2D eigenvalue weighted by Crippen LogP contribution is 2.26. The van der Waals surface area contributed by atoms with Crippen LogP contribution in [-0.4, -0.2) is 17.9 Å². The van der Waals surface area contributed by atoms with E-state index in [1.807, 2.05) is 31.2 Å². The summed E-state index contributed by atoms with van der Waals surface area (Å²) in [4.78, 5) is 25.9. The lowest BCUT2D eigenvalue weighted by Gasteiger charge is -2.17. The van der Waals surface area contributed by atoms with Crippen molar-refractivity contribution in [3.8, 4) is 0 Å². The number of amides is 2. The molecule has 1 heterocycles. The van der Waals surface area contributed by atoms with Crippen molar-refractivity contribution in [3.63, 3.8) is 0 Å². The number of rotatable bonds is 3. The van der Waals surface area contributed by atoms with Gasteiger partial charge < -0.3 is 5.32 Å². The van der Waals surface area contributed by atoms with Gasteiger partial charge in [0.25, 0.3) is 5.91 Å². The highest BCUT2D eigenvalue weighted by molar-refractivity contribution is 6.30. The molecule has 3 rings (SSSR count). The first-order valence-electron chi connectivity index (χ1n) is 7.01. The molecule has 1 fully saturated rings. The van der Waals surface area contributed by atoms with Crippen LogP contribution in [0.5, 0.6) is 0 Å². The third-order valence-electron chi connectivity index (χ3n) is 3.71. The zero-order valence-corrected chi connectivity index (χ0v) is 12.8. The molecule has 112 valence electrons. The number of anilines is 2. The van der Waals surface area contributed by atoms with Crippen LogP contribution in [0.1, 0.15) is 12.0 Å². The fraction of sp³-hybridized carbons (Fsp3) is 0.176. The molecule has 5 heteroatoms. The maximum atomic E-state index is 12.5. The number of carbonyl (C=O) groups is 2. The summed E-state index contributed by atoms with van der Waals surface area (Å²) in [5.41, 5.74) is 2.45. The van der Waals surface area contributed by atoms with Gasteiger partial charge >= 0.3 is 0 Å². The predicted octanol–water partition coefficient (Wildman–Crippen LogP) is 3.39. The van der Waals surface area contributed by atoms with E-state index in [4.69, 9.17) is 11.6 Å². The fourth-order valence-corrected chi connectivity index (χ4v) is 2.65. The van der Waals surface area contributed by atoms with E-state index in [2.05, 4.69) is 5.32 Å². The molecule has 0 spiro atoms. The van der Waals surface area contributed by atoms with Gasteiger partial charge in [0.05, 0.1) is 12.1 Å². The largest absolute Gasteiger partial charge is 0.373 e. The molecule has 1 aliphatic heterocycles. The van der Waals surface area contributed by atoms with Crippen molar-refractivity contribution in [1.29, 1.82) is 0 Å². The van der Waals surface area contributed by atoms with Crippen LogP contribution in [0.3, 0.4) is 0 Å². The summed E-state index contributed by atoms with van der Waals surface area (Å²) in [6, 6.07) is 13.8. The Hall–Kier alpha value is -2.33. The van der Waals surface area contributed by atoms with Gasteiger partial charge in [-0.05, 0) is 42.8 Å². The highest BCUT2D eigenvalue weighted by Gasteiger charge is 2.39. The van der Waals surface area contributed by atoms with Crippen LogP contribution in [0.25, 0.3) is 0 Å². The van der Waals surface area contributed by atoms with E-state index in [-0.39, 0.29) is 18.2 Å². The summed E-state index contributed by atoms with van der Waals surface area (Å²) in [7, 11) is 0. The quantitative estimate of drug-likeness (QED) is 0.883. The van der Waals surface area contributed by atoms with Crippen LogP contribution >= 0.6 is 11.6 Å². The number of nitrogens with zero attached hydrogens (tertiary/aromatic N) is 1. The van der Waals surface area contributed by atoms with Crippen LogP contribution < -0.4 is 10.2 Å². The summed E-state index contributed by atoms with van der Waals surface area (Å²) in [5.74, 6) is -0.450. The first-order valence-corrected chi connectivity index (χ1v) is 7.38. The minimum atomic E-state index is -0.538. The number of benzene rings is 2. The lowest BCUT2D eigenvalue weighted by molar-refractivity contribution is -0.121. The number of aryl methyl sites for hydroxylation is 1. The van der Waals surface area contributed by atoms with Gasteiger partial charge in [-0.2, -0.15) is 0 Å². The zero-order chi connectivity index (χ0) is 15.7. The van der Waals surface area contributed by atoms with Gasteiger partial charge in [-0.25, -0.2) is 4.90 Å². The van der Waals surface area contributed by atoms with Crippen LogP contribution in [-0.2, 0) is 9.59 Å². The van der Waals surface area contributed by atoms with Crippen molar-refractivity contribution in [1.82, 2.24) is 0 Å². The molecular formula is C17H15ClN2O2. The van der Waals surface area contributed by atoms with Crippen molar-refractivity contribution in [3.05, 3.63) is 59.1 Å². The van der Waals surface area contributed by atoms with Gasteiger partial charge in [0.15, 0.2) is 0 Å². The topological polar surface area (TPSA) is 49.4 Å². The molecule has 22 heavy (non-hydrogen) atoms. The fourth-order valence-electron chi connectivity index (χ4n) is 2.53. The molecule has 0 bridgehead atoms. The van der Waals surface area contributed by atoms with E-state index in [0.717, 1.165) is 11.3 Å². The maximum absolute atomic E-state index is 12.5. The van der Waals surface area contributed by atoms with Crippen LogP contribution in [0.4, 0.5) is 11.4 Å². The molecule has 4 nitrogen and oxygen atoms in total. The normalized spacial score (nSPS) is 17.9. The summed E-state index contributed by atoms with van der Waals surface area (Å²) in [6.07, 6.45) is 0.149. The van der Waals surface area contributed by atoms with Crippen molar-refractivity contribution in [2.75, 3.05) is 10.2 Å². The zero-order valence-electron chi connectivity index (χ0n) is 12.0. The second-order valence-corrected chi connectivity index (χ2v) is 5.70. The van der Waals surface area contributed by atoms with Gasteiger partial charge in [0.2, 0.25) is 5.91 Å². The number of hydrogen-bond donors (Lipinski definition) is 1. The van der Waals surface area contributed by atoms with Crippen molar-refractivity contribution in [2.45, 2.75) is 19.4 Å². The molecule has 2 aromatic rings. The summed E-state index contributed by atoms with van der Waals surface area (Å²) in [6.45, 7) is 1.96. The Bertz CT molecular complexity index is 728. The lowest BCUT2D eigenvalue weighted by atomic mass is 10.1. The monoisotopic (exact) mass is 314 g/mol. The summed E-state index contributed by atoms with van der Waals surface area (Å²) in [5, 5.41) is 3.73. The second kappa shape index (κ2) is 5.81. The van der Waals surface area contributed by atoms with Gasteiger partial charge in [-0.1, -0.05) is 29.8 Å². The Morgan fingerprint density at radius 1 is 1.09 bits per heavy atom. The standard InChI is InChI=1S/C17H15ClN2O2/c1-11-4-2-3-5-14(11)19-15-10-16(21)20(17(15)22)13-8-6-12(18)7-9-13/h2-9,15,19H,10H2,1H3/t15-/m0/s1. The summed E-state index contributed by atoms with van der Waals surface area (Å²) >= 11 is 5.84. The maximum Gasteiger partial charge on any atom is 0.256 e. The van der Waals surface area contributed by atoms with Crippen molar-refractivity contribution in [2.24, 2.45) is 0 Å². The predicted molar refractivity (Wildman–Crippen MR) is 87.2 cm³/mol. The Balaban J connectivity index is 1.82. The summed E-state index contributed by atoms with van der Waals surface area (Å²) < 4.78 is 0. The average molecular weight is 315 g/mol. The first kappa shape index (κ1) is 14.6. The molecule has 0 radical (unpaired) electrons. The average Bonchev–Trinajstić information content (AvgIpc) is 2.77. The molecule has 1 aliphatic rings. The van der Waals surface area contributed by atoms with Crippen molar-refractivity contribution < 1.29 is 9.59 Å². The molecule has 1 atom stereocenters. The van der Waals surface area contributed by atoms with Gasteiger partial charge in [0.1, 0.15) is 6.04 Å². The number of imide groups is 1. The second-order valence-electron chi connectivity index (χ2n) is 5.26. The first-order chi connectivity index (χ1) is 10.6. The number of halogens is 1. The van der Waals surface area contributed by atoms with E-state index >= 15 is 0 Å². The van der Waals surface area contributed by atoms with E-state index in [1.54, 1.807) is 24.3 Å². The molecule has 2 aromatic carbocycles. The number of nitrogens with one attached hydrogen (secondary N) is 1. The van der Waals surface area contributed by atoms with E-state index < -0.39 is 6.04 Å². The number of carbonyl (C=O) groups excluding carboxylic acids is 2. The Kier molecular flexibility index (Phi) is 3.86. The smallest absolute Gasteiger partial charge is 0.256 e. The molecule has 0 unspecified atom stereocenters. The number of para-hydroxylation sites is 1. The van der Waals surface area contributed by atoms with Crippen LogP contribution in [0, 0.1) is 6.92 Å². The van der Waals surface area contributed by atoms with E-state index in [0.29, 0.717) is 10.7 Å². The van der Waals surface area contributed by atoms with E-state index in [1.165, 1.54) is 4.90 Å². The minimum Gasteiger partial charge on any atom is -0.373 e. The van der Waals surface area contributed by atoms with Gasteiger partial charge in [0, 0.05) is 10.7 Å². The van der Waals surface area contributed by atoms with Gasteiger partial charge in [-0.15, -0.1) is 0 Å². The molecule has 0 aliphatic carbocycles. The van der Waals surface area contributed by atoms with Crippen molar-refractivity contribution >= 4 is 34.8 Å². The molecule has 0 saturated carbocycles. The molecule has 2 amide bonds. The minimum absolute atomic E-state index is 0.149. The number of hydrogen-bond acceptors (Lipinski definition) is 3. The lowest BCUT2D eigenvalue weighted by Crippen LogP contribution is -2.34. The Labute approximate surface area is 133 Å². The third kappa shape index (κ3) is 2.70. The molecule has 1 N–H and O–H groups in total.